The van der Waals surface area contributed by atoms with Crippen molar-refractivity contribution >= 4 is 55.7 Å². The second-order valence-corrected chi connectivity index (χ2v) is 14.9. The summed E-state index contributed by atoms with van der Waals surface area (Å²) < 4.78 is 6.87. The molecule has 0 atom stereocenters. The molecule has 278 valence electrons. The SMILES string of the molecule is c1ccc(-c2ccccc2N(c2ccccc2)c2ccc3c(c2)Oc2cccc4c2c-3cc2ccc(-c3ccc(N(c5ccccc5)c5ccccc5)cc3)cc24)cc1. The fourth-order valence-electron chi connectivity index (χ4n) is 8.67. The first-order valence-corrected chi connectivity index (χ1v) is 20.1. The number of ether oxygens (including phenoxy) is 1. The summed E-state index contributed by atoms with van der Waals surface area (Å²) in [6.07, 6.45) is 0. The molecule has 59 heavy (non-hydrogen) atoms. The van der Waals surface area contributed by atoms with E-state index in [9.17, 15) is 0 Å². The van der Waals surface area contributed by atoms with Crippen LogP contribution in [0.2, 0.25) is 0 Å². The van der Waals surface area contributed by atoms with E-state index in [1.54, 1.807) is 0 Å². The molecule has 0 aliphatic carbocycles. The number of fused-ring (bicyclic) bond motifs is 4. The van der Waals surface area contributed by atoms with Crippen molar-refractivity contribution in [1.29, 1.82) is 0 Å². The first-order chi connectivity index (χ1) is 29.3. The van der Waals surface area contributed by atoms with Crippen LogP contribution in [0.25, 0.3) is 54.9 Å². The highest BCUT2D eigenvalue weighted by molar-refractivity contribution is 6.18. The number of hydrogen-bond donors (Lipinski definition) is 0. The van der Waals surface area contributed by atoms with Gasteiger partial charge in [-0.3, -0.25) is 0 Å². The molecule has 0 aromatic heterocycles. The van der Waals surface area contributed by atoms with E-state index in [1.165, 1.54) is 38.4 Å². The Hall–Kier alpha value is -7.88. The van der Waals surface area contributed by atoms with Gasteiger partial charge in [0.05, 0.1) is 5.69 Å². The Labute approximate surface area is 344 Å². The van der Waals surface area contributed by atoms with Crippen molar-refractivity contribution in [2.75, 3.05) is 9.80 Å². The van der Waals surface area contributed by atoms with Gasteiger partial charge in [0.1, 0.15) is 11.5 Å². The molecule has 0 saturated heterocycles. The highest BCUT2D eigenvalue weighted by Crippen LogP contribution is 2.51. The van der Waals surface area contributed by atoms with Crippen LogP contribution in [0.5, 0.6) is 11.5 Å². The predicted molar refractivity (Wildman–Crippen MR) is 247 cm³/mol. The standard InChI is InChI=1S/C56H38N2O/c1-5-16-40(17-6-1)48-24-13-14-26-53(48)58(45-22-11-4-12-23-45)47-34-35-49-52-37-42-29-28-41(36-51(42)50-25-15-27-54(56(50)52)59-55(49)38-47)39-30-32-46(33-31-39)57(43-18-7-2-8-19-43)44-20-9-3-10-21-44/h1-38H. The molecular formula is C56H38N2O. The third-order valence-electron chi connectivity index (χ3n) is 11.4. The Morgan fingerprint density at radius 1 is 0.288 bits per heavy atom. The summed E-state index contributed by atoms with van der Waals surface area (Å²) in [6, 6.07) is 82.0. The molecule has 1 aliphatic heterocycles. The zero-order valence-corrected chi connectivity index (χ0v) is 32.2. The minimum absolute atomic E-state index is 0.844. The maximum Gasteiger partial charge on any atom is 0.137 e. The average molecular weight is 755 g/mol. The van der Waals surface area contributed by atoms with Crippen molar-refractivity contribution in [2.45, 2.75) is 0 Å². The molecule has 0 unspecified atom stereocenters. The Morgan fingerprint density at radius 3 is 1.56 bits per heavy atom. The molecule has 3 heteroatoms. The second-order valence-electron chi connectivity index (χ2n) is 14.9. The van der Waals surface area contributed by atoms with Gasteiger partial charge in [0.2, 0.25) is 0 Å². The Kier molecular flexibility index (Phi) is 8.49. The molecular weight excluding hydrogens is 717 g/mol. The molecule has 3 nitrogen and oxygen atoms in total. The Morgan fingerprint density at radius 2 is 0.864 bits per heavy atom. The predicted octanol–water partition coefficient (Wildman–Crippen LogP) is 16.0. The molecule has 11 rings (SSSR count). The first kappa shape index (κ1) is 34.4. The summed E-state index contributed by atoms with van der Waals surface area (Å²) in [5.41, 5.74) is 13.5. The third kappa shape index (κ3) is 6.17. The number of nitrogens with zero attached hydrogens (tertiary/aromatic N) is 2. The summed E-state index contributed by atoms with van der Waals surface area (Å²) in [5.74, 6) is 1.72. The lowest BCUT2D eigenvalue weighted by Gasteiger charge is -2.29. The normalized spacial score (nSPS) is 11.5. The lowest BCUT2D eigenvalue weighted by atomic mass is 9.89. The molecule has 10 aromatic rings. The fourth-order valence-corrected chi connectivity index (χ4v) is 8.67. The van der Waals surface area contributed by atoms with Crippen molar-refractivity contribution in [3.8, 4) is 44.9 Å². The highest BCUT2D eigenvalue weighted by Gasteiger charge is 2.25. The van der Waals surface area contributed by atoms with Crippen LogP contribution >= 0.6 is 0 Å². The van der Waals surface area contributed by atoms with E-state index in [2.05, 4.69) is 240 Å². The summed E-state index contributed by atoms with van der Waals surface area (Å²) in [5, 5.41) is 4.73. The van der Waals surface area contributed by atoms with Gasteiger partial charge < -0.3 is 14.5 Å². The van der Waals surface area contributed by atoms with Gasteiger partial charge in [-0.1, -0.05) is 140 Å². The van der Waals surface area contributed by atoms with Crippen LogP contribution in [0.15, 0.2) is 231 Å². The van der Waals surface area contributed by atoms with E-state index >= 15 is 0 Å². The van der Waals surface area contributed by atoms with Crippen LogP contribution in [0.3, 0.4) is 0 Å². The molecule has 0 radical (unpaired) electrons. The van der Waals surface area contributed by atoms with E-state index in [-0.39, 0.29) is 0 Å². The smallest absolute Gasteiger partial charge is 0.137 e. The molecule has 1 heterocycles. The van der Waals surface area contributed by atoms with E-state index in [0.29, 0.717) is 0 Å². The highest BCUT2D eigenvalue weighted by atomic mass is 16.5. The zero-order chi connectivity index (χ0) is 39.1. The van der Waals surface area contributed by atoms with Gasteiger partial charge in [0.15, 0.2) is 0 Å². The van der Waals surface area contributed by atoms with E-state index < -0.39 is 0 Å². The fraction of sp³-hybridized carbons (Fsp3) is 0. The number of rotatable bonds is 8. The van der Waals surface area contributed by atoms with Crippen molar-refractivity contribution in [2.24, 2.45) is 0 Å². The van der Waals surface area contributed by atoms with Crippen LogP contribution in [-0.2, 0) is 0 Å². The molecule has 0 fully saturated rings. The second kappa shape index (κ2) is 14.6. The number of hydrogen-bond acceptors (Lipinski definition) is 3. The van der Waals surface area contributed by atoms with Crippen molar-refractivity contribution < 1.29 is 4.74 Å². The van der Waals surface area contributed by atoms with Gasteiger partial charge in [-0.25, -0.2) is 0 Å². The molecule has 0 N–H and O–H groups in total. The van der Waals surface area contributed by atoms with Gasteiger partial charge in [0.25, 0.3) is 0 Å². The third-order valence-corrected chi connectivity index (χ3v) is 11.4. The number of para-hydroxylation sites is 4. The molecule has 10 aromatic carbocycles. The van der Waals surface area contributed by atoms with Crippen molar-refractivity contribution in [3.63, 3.8) is 0 Å². The minimum Gasteiger partial charge on any atom is -0.456 e. The quantitative estimate of drug-likeness (QED) is 0.144. The summed E-state index contributed by atoms with van der Waals surface area (Å²) in [4.78, 5) is 4.63. The lowest BCUT2D eigenvalue weighted by Crippen LogP contribution is -2.11. The zero-order valence-electron chi connectivity index (χ0n) is 32.2. The van der Waals surface area contributed by atoms with Crippen molar-refractivity contribution in [1.82, 2.24) is 0 Å². The van der Waals surface area contributed by atoms with Crippen LogP contribution in [0, 0.1) is 0 Å². The van der Waals surface area contributed by atoms with Gasteiger partial charge in [-0.2, -0.15) is 0 Å². The topological polar surface area (TPSA) is 15.7 Å². The average Bonchev–Trinajstić information content (AvgIpc) is 3.31. The van der Waals surface area contributed by atoms with Crippen LogP contribution in [-0.4, -0.2) is 0 Å². The number of anilines is 6. The molecule has 0 spiro atoms. The maximum atomic E-state index is 6.87. The first-order valence-electron chi connectivity index (χ1n) is 20.1. The summed E-state index contributed by atoms with van der Waals surface area (Å²) >= 11 is 0. The monoisotopic (exact) mass is 754 g/mol. The lowest BCUT2D eigenvalue weighted by molar-refractivity contribution is 0.487. The van der Waals surface area contributed by atoms with E-state index in [1.807, 2.05) is 0 Å². The Bertz CT molecular complexity index is 3070. The van der Waals surface area contributed by atoms with Crippen molar-refractivity contribution in [3.05, 3.63) is 231 Å². The number of benzene rings is 10. The van der Waals surface area contributed by atoms with E-state index in [0.717, 1.165) is 62.1 Å². The minimum atomic E-state index is 0.844. The van der Waals surface area contributed by atoms with Crippen LogP contribution in [0.1, 0.15) is 0 Å². The van der Waals surface area contributed by atoms with Gasteiger partial charge >= 0.3 is 0 Å². The van der Waals surface area contributed by atoms with Crippen LogP contribution in [0.4, 0.5) is 34.1 Å². The molecule has 1 aliphatic rings. The summed E-state index contributed by atoms with van der Waals surface area (Å²) in [7, 11) is 0. The van der Waals surface area contributed by atoms with E-state index in [4.69, 9.17) is 4.74 Å². The Balaban J connectivity index is 0.982. The molecule has 0 bridgehead atoms. The molecule has 0 saturated carbocycles. The molecule has 0 amide bonds. The van der Waals surface area contributed by atoms with Gasteiger partial charge in [-0.15, -0.1) is 0 Å². The largest absolute Gasteiger partial charge is 0.456 e. The van der Waals surface area contributed by atoms with Crippen LogP contribution < -0.4 is 14.5 Å². The maximum absolute atomic E-state index is 6.87. The van der Waals surface area contributed by atoms with Gasteiger partial charge in [-0.05, 0) is 123 Å². The summed E-state index contributed by atoms with van der Waals surface area (Å²) in [6.45, 7) is 0. The van der Waals surface area contributed by atoms with Gasteiger partial charge in [0, 0.05) is 51.0 Å².